The highest BCUT2D eigenvalue weighted by Crippen LogP contribution is 2.35. The molecule has 1 aliphatic rings. The Labute approximate surface area is 215 Å². The molecule has 178 valence electrons. The molecule has 7 nitrogen and oxygen atoms in total. The number of aromatic nitrogens is 1. The lowest BCUT2D eigenvalue weighted by molar-refractivity contribution is -0.123. The first kappa shape index (κ1) is 25.0. The summed E-state index contributed by atoms with van der Waals surface area (Å²) in [5, 5.41) is 0.581. The molecule has 1 aromatic carbocycles. The molecule has 0 bridgehead atoms. The number of hydrogen-bond acceptors (Lipinski definition) is 7. The number of rotatable bonds is 7. The summed E-state index contributed by atoms with van der Waals surface area (Å²) in [5.74, 6) is -0.235. The van der Waals surface area contributed by atoms with Crippen molar-refractivity contribution in [1.29, 1.82) is 0 Å². The zero-order valence-electron chi connectivity index (χ0n) is 18.2. The number of amides is 1. The van der Waals surface area contributed by atoms with Crippen LogP contribution in [-0.2, 0) is 14.8 Å². The fourth-order valence-electron chi connectivity index (χ4n) is 3.77. The van der Waals surface area contributed by atoms with Gasteiger partial charge in [0.2, 0.25) is 5.91 Å². The van der Waals surface area contributed by atoms with Gasteiger partial charge in [0, 0.05) is 24.1 Å². The van der Waals surface area contributed by atoms with E-state index in [1.807, 2.05) is 37.2 Å². The van der Waals surface area contributed by atoms with E-state index in [9.17, 15) is 13.2 Å². The molecule has 4 rings (SSSR count). The predicted octanol–water partition coefficient (Wildman–Crippen LogP) is 4.91. The van der Waals surface area contributed by atoms with Crippen molar-refractivity contribution < 1.29 is 13.2 Å². The Hall–Kier alpha value is -1.08. The van der Waals surface area contributed by atoms with Gasteiger partial charge < -0.3 is 4.90 Å². The maximum atomic E-state index is 13.9. The molecule has 0 saturated carbocycles. The molecule has 0 spiro atoms. The Balaban J connectivity index is 1.70. The van der Waals surface area contributed by atoms with Crippen LogP contribution in [0.25, 0.3) is 10.2 Å². The normalized spacial score (nSPS) is 17.7. The fourth-order valence-corrected chi connectivity index (χ4v) is 8.58. The number of thiophene rings is 1. The number of nitrogens with zero attached hydrogens (tertiary/aromatic N) is 4. The average molecular weight is 592 g/mol. The van der Waals surface area contributed by atoms with Gasteiger partial charge in [-0.2, -0.15) is 4.31 Å². The van der Waals surface area contributed by atoms with Crippen LogP contribution < -0.4 is 4.90 Å². The Morgan fingerprint density at radius 3 is 2.70 bits per heavy atom. The van der Waals surface area contributed by atoms with Gasteiger partial charge in [-0.05, 0) is 57.3 Å². The standard InChI is InChI=1S/C21H24BrClN4O3S3/c1-25(2)11-12-26(21-24-15-7-6-14(22)13-17(15)31-21)20(28)16-5-3-4-10-27(16)33(29,30)19-9-8-18(23)32-19/h6-9,13,16H,3-5,10-12H2,1-2H3. The van der Waals surface area contributed by atoms with Gasteiger partial charge >= 0.3 is 0 Å². The largest absolute Gasteiger partial charge is 0.308 e. The third-order valence-electron chi connectivity index (χ3n) is 5.46. The second-order valence-corrected chi connectivity index (χ2v) is 13.8. The summed E-state index contributed by atoms with van der Waals surface area (Å²) in [5.41, 5.74) is 0.808. The molecule has 1 aliphatic heterocycles. The molecule has 1 amide bonds. The number of thiazole rings is 1. The van der Waals surface area contributed by atoms with E-state index in [-0.39, 0.29) is 10.1 Å². The second-order valence-electron chi connectivity index (χ2n) is 8.09. The molecule has 1 saturated heterocycles. The van der Waals surface area contributed by atoms with Crippen molar-refractivity contribution in [3.8, 4) is 0 Å². The van der Waals surface area contributed by atoms with Crippen LogP contribution in [-0.4, -0.2) is 68.3 Å². The van der Waals surface area contributed by atoms with Crippen molar-refractivity contribution in [3.63, 3.8) is 0 Å². The van der Waals surface area contributed by atoms with Crippen molar-refractivity contribution >= 4 is 81.5 Å². The van der Waals surface area contributed by atoms with Crippen molar-refractivity contribution in [2.24, 2.45) is 0 Å². The van der Waals surface area contributed by atoms with E-state index in [1.54, 1.807) is 11.0 Å². The third kappa shape index (κ3) is 5.44. The van der Waals surface area contributed by atoms with Crippen LogP contribution in [0.3, 0.4) is 0 Å². The Morgan fingerprint density at radius 2 is 2.00 bits per heavy atom. The van der Waals surface area contributed by atoms with Crippen LogP contribution in [0.1, 0.15) is 19.3 Å². The number of carbonyl (C=O) groups is 1. The molecular formula is C21H24BrClN4O3S3. The number of fused-ring (bicyclic) bond motifs is 1. The first-order chi connectivity index (χ1) is 15.7. The lowest BCUT2D eigenvalue weighted by Gasteiger charge is -2.36. The number of benzene rings is 1. The Kier molecular flexibility index (Phi) is 7.79. The number of piperidine rings is 1. The van der Waals surface area contributed by atoms with E-state index in [0.29, 0.717) is 35.5 Å². The van der Waals surface area contributed by atoms with Crippen LogP contribution in [0.15, 0.2) is 39.0 Å². The molecule has 0 aliphatic carbocycles. The highest BCUT2D eigenvalue weighted by atomic mass is 79.9. The van der Waals surface area contributed by atoms with Crippen LogP contribution in [0.5, 0.6) is 0 Å². The van der Waals surface area contributed by atoms with Crippen LogP contribution in [0.4, 0.5) is 5.13 Å². The monoisotopic (exact) mass is 590 g/mol. The average Bonchev–Trinajstić information content (AvgIpc) is 3.39. The maximum absolute atomic E-state index is 13.9. The second kappa shape index (κ2) is 10.3. The van der Waals surface area contributed by atoms with Crippen molar-refractivity contribution in [2.75, 3.05) is 38.6 Å². The maximum Gasteiger partial charge on any atom is 0.253 e. The molecule has 3 heterocycles. The van der Waals surface area contributed by atoms with Gasteiger partial charge in [0.1, 0.15) is 10.3 Å². The SMILES string of the molecule is CN(C)CCN(C(=O)C1CCCCN1S(=O)(=O)c1ccc(Cl)s1)c1nc2ccc(Br)cc2s1. The Bertz CT molecular complexity index is 1260. The van der Waals surface area contributed by atoms with Gasteiger partial charge in [-0.15, -0.1) is 11.3 Å². The summed E-state index contributed by atoms with van der Waals surface area (Å²) in [6.45, 7) is 1.36. The highest BCUT2D eigenvalue weighted by Gasteiger charge is 2.41. The summed E-state index contributed by atoms with van der Waals surface area (Å²) < 4.78 is 30.6. The minimum atomic E-state index is -3.83. The van der Waals surface area contributed by atoms with E-state index >= 15 is 0 Å². The number of carbonyl (C=O) groups excluding carboxylic acids is 1. The molecule has 0 N–H and O–H groups in total. The molecule has 0 radical (unpaired) electrons. The number of hydrogen-bond donors (Lipinski definition) is 0. The van der Waals surface area contributed by atoms with E-state index in [4.69, 9.17) is 16.6 Å². The van der Waals surface area contributed by atoms with E-state index in [2.05, 4.69) is 15.9 Å². The first-order valence-corrected chi connectivity index (χ1v) is 14.7. The van der Waals surface area contributed by atoms with Gasteiger partial charge in [-0.3, -0.25) is 9.69 Å². The smallest absolute Gasteiger partial charge is 0.253 e. The van der Waals surface area contributed by atoms with E-state index in [0.717, 1.165) is 38.9 Å². The number of likely N-dealkylation sites (N-methyl/N-ethyl adjacent to an activating group) is 1. The first-order valence-electron chi connectivity index (χ1n) is 10.5. The van der Waals surface area contributed by atoms with Crippen LogP contribution >= 0.6 is 50.2 Å². The molecule has 12 heteroatoms. The van der Waals surface area contributed by atoms with E-state index in [1.165, 1.54) is 21.7 Å². The van der Waals surface area contributed by atoms with Gasteiger partial charge in [-0.25, -0.2) is 13.4 Å². The topological polar surface area (TPSA) is 73.8 Å². The summed E-state index contributed by atoms with van der Waals surface area (Å²) in [6.07, 6.45) is 1.99. The molecule has 1 unspecified atom stereocenters. The lowest BCUT2D eigenvalue weighted by atomic mass is 10.0. The summed E-state index contributed by atoms with van der Waals surface area (Å²) in [4.78, 5) is 22.2. The van der Waals surface area contributed by atoms with Gasteiger partial charge in [0.15, 0.2) is 5.13 Å². The van der Waals surface area contributed by atoms with Gasteiger partial charge in [0.25, 0.3) is 10.0 Å². The summed E-state index contributed by atoms with van der Waals surface area (Å²) in [7, 11) is 0.0547. The van der Waals surface area contributed by atoms with E-state index < -0.39 is 16.1 Å². The minimum Gasteiger partial charge on any atom is -0.308 e. The molecule has 2 aromatic heterocycles. The highest BCUT2D eigenvalue weighted by molar-refractivity contribution is 9.10. The summed E-state index contributed by atoms with van der Waals surface area (Å²) in [6, 6.07) is 8.11. The number of sulfonamides is 1. The van der Waals surface area contributed by atoms with Gasteiger partial charge in [0.05, 0.1) is 14.6 Å². The van der Waals surface area contributed by atoms with Crippen LogP contribution in [0, 0.1) is 0 Å². The van der Waals surface area contributed by atoms with Crippen molar-refractivity contribution in [1.82, 2.24) is 14.2 Å². The predicted molar refractivity (Wildman–Crippen MR) is 139 cm³/mol. The van der Waals surface area contributed by atoms with Crippen LogP contribution in [0.2, 0.25) is 4.34 Å². The quantitative estimate of drug-likeness (QED) is 0.390. The fraction of sp³-hybridized carbons (Fsp3) is 0.429. The zero-order valence-corrected chi connectivity index (χ0v) is 23.0. The lowest BCUT2D eigenvalue weighted by Crippen LogP contribution is -2.53. The van der Waals surface area contributed by atoms with Gasteiger partial charge in [-0.1, -0.05) is 45.3 Å². The molecule has 1 fully saturated rings. The molecule has 3 aromatic rings. The Morgan fingerprint density at radius 1 is 1.21 bits per heavy atom. The zero-order chi connectivity index (χ0) is 23.8. The van der Waals surface area contributed by atoms with Crippen molar-refractivity contribution in [2.45, 2.75) is 29.5 Å². The molecular weight excluding hydrogens is 568 g/mol. The number of anilines is 1. The third-order valence-corrected chi connectivity index (χ3v) is 10.6. The molecule has 33 heavy (non-hydrogen) atoms. The van der Waals surface area contributed by atoms with Crippen molar-refractivity contribution in [3.05, 3.63) is 39.1 Å². The minimum absolute atomic E-state index is 0.164. The molecule has 1 atom stereocenters. The summed E-state index contributed by atoms with van der Waals surface area (Å²) >= 11 is 11.9. The number of halogens is 2.